The van der Waals surface area contributed by atoms with E-state index in [2.05, 4.69) is 0 Å². The van der Waals surface area contributed by atoms with Crippen molar-refractivity contribution in [3.8, 4) is 5.75 Å². The fourth-order valence-corrected chi connectivity index (χ4v) is 2.26. The molecule has 1 aromatic rings. The van der Waals surface area contributed by atoms with E-state index < -0.39 is 9.84 Å². The van der Waals surface area contributed by atoms with Gasteiger partial charge >= 0.3 is 0 Å². The van der Waals surface area contributed by atoms with E-state index in [1.54, 1.807) is 18.2 Å². The van der Waals surface area contributed by atoms with Crippen molar-refractivity contribution in [3.63, 3.8) is 0 Å². The maximum Gasteiger partial charge on any atom is 0.175 e. The molecule has 0 saturated heterocycles. The molecule has 2 N–H and O–H groups in total. The molecular formula is C13H21NO4S. The minimum absolute atomic E-state index is 0.0249. The third-order valence-electron chi connectivity index (χ3n) is 2.61. The van der Waals surface area contributed by atoms with Crippen molar-refractivity contribution in [1.82, 2.24) is 0 Å². The van der Waals surface area contributed by atoms with Crippen LogP contribution in [0.25, 0.3) is 0 Å². The summed E-state index contributed by atoms with van der Waals surface area (Å²) in [6.45, 7) is 3.42. The van der Waals surface area contributed by atoms with Gasteiger partial charge < -0.3 is 15.2 Å². The molecular weight excluding hydrogens is 266 g/mol. The molecule has 0 saturated carbocycles. The molecule has 0 heterocycles. The van der Waals surface area contributed by atoms with Gasteiger partial charge in [-0.05, 0) is 25.1 Å². The molecule has 0 aliphatic carbocycles. The van der Waals surface area contributed by atoms with E-state index in [4.69, 9.17) is 15.2 Å². The Kier molecular flexibility index (Phi) is 6.27. The fraction of sp³-hybridized carbons (Fsp3) is 0.538. The lowest BCUT2D eigenvalue weighted by molar-refractivity contribution is 0.0526. The van der Waals surface area contributed by atoms with E-state index in [9.17, 15) is 8.42 Å². The first-order valence-electron chi connectivity index (χ1n) is 6.22. The van der Waals surface area contributed by atoms with Crippen LogP contribution in [0.4, 0.5) is 0 Å². The summed E-state index contributed by atoms with van der Waals surface area (Å²) in [7, 11) is -3.20. The van der Waals surface area contributed by atoms with E-state index >= 15 is 0 Å². The van der Waals surface area contributed by atoms with E-state index in [1.165, 1.54) is 12.3 Å². The SMILES string of the molecule is CCOC(CN)CCOc1cccc(S(C)(=O)=O)c1. The van der Waals surface area contributed by atoms with Crippen LogP contribution in [-0.2, 0) is 14.6 Å². The van der Waals surface area contributed by atoms with E-state index in [0.717, 1.165) is 0 Å². The number of ether oxygens (including phenoxy) is 2. The average molecular weight is 287 g/mol. The topological polar surface area (TPSA) is 78.6 Å². The summed E-state index contributed by atoms with van der Waals surface area (Å²) in [4.78, 5) is 0.255. The summed E-state index contributed by atoms with van der Waals surface area (Å²) in [6.07, 6.45) is 1.82. The van der Waals surface area contributed by atoms with Crippen LogP contribution in [0.15, 0.2) is 29.2 Å². The molecule has 0 fully saturated rings. The monoisotopic (exact) mass is 287 g/mol. The van der Waals surface area contributed by atoms with Gasteiger partial charge in [-0.15, -0.1) is 0 Å². The van der Waals surface area contributed by atoms with Crippen molar-refractivity contribution < 1.29 is 17.9 Å². The van der Waals surface area contributed by atoms with Gasteiger partial charge in [-0.1, -0.05) is 6.07 Å². The van der Waals surface area contributed by atoms with Crippen LogP contribution < -0.4 is 10.5 Å². The predicted octanol–water partition coefficient (Wildman–Crippen LogP) is 1.22. The smallest absolute Gasteiger partial charge is 0.175 e. The summed E-state index contributed by atoms with van der Waals surface area (Å²) in [5.41, 5.74) is 5.56. The Morgan fingerprint density at radius 1 is 1.37 bits per heavy atom. The van der Waals surface area contributed by atoms with Crippen molar-refractivity contribution in [1.29, 1.82) is 0 Å². The molecule has 19 heavy (non-hydrogen) atoms. The molecule has 0 radical (unpaired) electrons. The zero-order chi connectivity index (χ0) is 14.3. The Bertz CT molecular complexity index is 487. The number of nitrogens with two attached hydrogens (primary N) is 1. The molecule has 6 heteroatoms. The van der Waals surface area contributed by atoms with Crippen LogP contribution in [0.3, 0.4) is 0 Å². The second-order valence-corrected chi connectivity index (χ2v) is 6.21. The first-order valence-corrected chi connectivity index (χ1v) is 8.11. The lowest BCUT2D eigenvalue weighted by Gasteiger charge is -2.15. The van der Waals surface area contributed by atoms with E-state index in [0.29, 0.717) is 31.9 Å². The highest BCUT2D eigenvalue weighted by molar-refractivity contribution is 7.90. The Balaban J connectivity index is 2.54. The summed E-state index contributed by atoms with van der Waals surface area (Å²) in [5, 5.41) is 0. The van der Waals surface area contributed by atoms with Crippen molar-refractivity contribution in [3.05, 3.63) is 24.3 Å². The third-order valence-corrected chi connectivity index (χ3v) is 3.72. The molecule has 1 atom stereocenters. The summed E-state index contributed by atoms with van der Waals surface area (Å²) >= 11 is 0. The standard InChI is InChI=1S/C13H21NO4S/c1-3-17-12(10-14)7-8-18-11-5-4-6-13(9-11)19(2,15)16/h4-6,9,12H,3,7-8,10,14H2,1-2H3. The van der Waals surface area contributed by atoms with Crippen LogP contribution >= 0.6 is 0 Å². The number of sulfone groups is 1. The maximum absolute atomic E-state index is 11.4. The molecule has 108 valence electrons. The highest BCUT2D eigenvalue weighted by Gasteiger charge is 2.09. The molecule has 0 aromatic heterocycles. The Morgan fingerprint density at radius 3 is 2.68 bits per heavy atom. The summed E-state index contributed by atoms with van der Waals surface area (Å²) in [5.74, 6) is 0.537. The molecule has 0 spiro atoms. The van der Waals surface area contributed by atoms with E-state index in [-0.39, 0.29) is 11.0 Å². The predicted molar refractivity (Wildman–Crippen MR) is 74.1 cm³/mol. The Labute approximate surface area is 114 Å². The molecule has 5 nitrogen and oxygen atoms in total. The fourth-order valence-electron chi connectivity index (χ4n) is 1.61. The zero-order valence-electron chi connectivity index (χ0n) is 11.3. The third kappa shape index (κ3) is 5.59. The normalized spacial score (nSPS) is 13.2. The molecule has 0 aliphatic heterocycles. The largest absolute Gasteiger partial charge is 0.493 e. The molecule has 0 aliphatic rings. The van der Waals surface area contributed by atoms with Gasteiger partial charge in [-0.25, -0.2) is 8.42 Å². The molecule has 1 aromatic carbocycles. The zero-order valence-corrected chi connectivity index (χ0v) is 12.2. The second-order valence-electron chi connectivity index (χ2n) is 4.20. The number of hydrogen-bond acceptors (Lipinski definition) is 5. The Morgan fingerprint density at radius 2 is 2.11 bits per heavy atom. The lowest BCUT2D eigenvalue weighted by Crippen LogP contribution is -2.25. The van der Waals surface area contributed by atoms with Gasteiger partial charge in [-0.3, -0.25) is 0 Å². The van der Waals surface area contributed by atoms with Crippen LogP contribution in [0, 0.1) is 0 Å². The second kappa shape index (κ2) is 7.47. The van der Waals surface area contributed by atoms with Gasteiger partial charge in [0, 0.05) is 25.8 Å². The van der Waals surface area contributed by atoms with Crippen molar-refractivity contribution in [2.45, 2.75) is 24.3 Å². The van der Waals surface area contributed by atoms with Crippen molar-refractivity contribution >= 4 is 9.84 Å². The van der Waals surface area contributed by atoms with Crippen LogP contribution in [-0.4, -0.2) is 40.5 Å². The minimum Gasteiger partial charge on any atom is -0.493 e. The average Bonchev–Trinajstić information content (AvgIpc) is 2.37. The Hall–Kier alpha value is -1.11. The van der Waals surface area contributed by atoms with Gasteiger partial charge in [0.1, 0.15) is 5.75 Å². The molecule has 1 rings (SSSR count). The van der Waals surface area contributed by atoms with Gasteiger partial charge in [0.15, 0.2) is 9.84 Å². The van der Waals surface area contributed by atoms with Gasteiger partial charge in [0.05, 0.1) is 17.6 Å². The highest BCUT2D eigenvalue weighted by Crippen LogP contribution is 2.17. The quantitative estimate of drug-likeness (QED) is 0.778. The lowest BCUT2D eigenvalue weighted by atomic mass is 10.2. The number of hydrogen-bond donors (Lipinski definition) is 1. The maximum atomic E-state index is 11.4. The molecule has 0 bridgehead atoms. The van der Waals surface area contributed by atoms with Crippen molar-refractivity contribution in [2.75, 3.05) is 26.0 Å². The van der Waals surface area contributed by atoms with Crippen LogP contribution in [0.2, 0.25) is 0 Å². The van der Waals surface area contributed by atoms with Gasteiger partial charge in [0.2, 0.25) is 0 Å². The van der Waals surface area contributed by atoms with Gasteiger partial charge in [0.25, 0.3) is 0 Å². The first kappa shape index (κ1) is 15.9. The number of rotatable bonds is 8. The molecule has 0 amide bonds. The first-order chi connectivity index (χ1) is 8.97. The molecule has 1 unspecified atom stereocenters. The van der Waals surface area contributed by atoms with E-state index in [1.807, 2.05) is 6.92 Å². The van der Waals surface area contributed by atoms with Gasteiger partial charge in [-0.2, -0.15) is 0 Å². The van der Waals surface area contributed by atoms with Crippen LogP contribution in [0.1, 0.15) is 13.3 Å². The highest BCUT2D eigenvalue weighted by atomic mass is 32.2. The summed E-state index contributed by atoms with van der Waals surface area (Å²) < 4.78 is 33.7. The number of benzene rings is 1. The summed E-state index contributed by atoms with van der Waals surface area (Å²) in [6, 6.07) is 6.46. The van der Waals surface area contributed by atoms with Crippen LogP contribution in [0.5, 0.6) is 5.75 Å². The minimum atomic E-state index is -3.20. The van der Waals surface area contributed by atoms with Crippen molar-refractivity contribution in [2.24, 2.45) is 5.73 Å².